The lowest BCUT2D eigenvalue weighted by atomic mass is 10.3. The number of likely N-dealkylation sites (tertiary alicyclic amines) is 1. The molecule has 1 saturated heterocycles. The molecule has 0 saturated carbocycles. The van der Waals surface area contributed by atoms with Crippen LogP contribution in [0.4, 0.5) is 0 Å². The zero-order valence-corrected chi connectivity index (χ0v) is 10.3. The largest absolute Gasteiger partial charge is 0.351 e. The number of carbonyl (C=O) groups excluding carboxylic acids is 1. The Morgan fingerprint density at radius 1 is 1.47 bits per heavy atom. The Labute approximate surface area is 105 Å². The van der Waals surface area contributed by atoms with Crippen LogP contribution >= 0.6 is 11.6 Å². The van der Waals surface area contributed by atoms with Crippen molar-refractivity contribution in [3.63, 3.8) is 0 Å². The molecule has 1 aliphatic rings. The molecule has 1 fully saturated rings. The second kappa shape index (κ2) is 5.93. The number of carbonyl (C=O) groups is 1. The first kappa shape index (κ1) is 12.3. The van der Waals surface area contributed by atoms with Crippen LogP contribution in [0.25, 0.3) is 0 Å². The summed E-state index contributed by atoms with van der Waals surface area (Å²) >= 11 is 5.66. The minimum atomic E-state index is -0.152. The Balaban J connectivity index is 1.77. The second-order valence-corrected chi connectivity index (χ2v) is 4.46. The Morgan fingerprint density at radius 2 is 2.24 bits per heavy atom. The van der Waals surface area contributed by atoms with Gasteiger partial charge in [0.2, 0.25) is 0 Å². The maximum Gasteiger partial charge on any atom is 0.253 e. The molecule has 2 rings (SSSR count). The van der Waals surface area contributed by atoms with E-state index in [0.29, 0.717) is 12.1 Å². The van der Waals surface area contributed by atoms with Gasteiger partial charge in [-0.25, -0.2) is 0 Å². The molecule has 1 aromatic heterocycles. The third-order valence-corrected chi connectivity index (χ3v) is 2.98. The highest BCUT2D eigenvalue weighted by atomic mass is 35.5. The summed E-state index contributed by atoms with van der Waals surface area (Å²) in [6, 6.07) is 1.51. The molecule has 92 valence electrons. The van der Waals surface area contributed by atoms with Gasteiger partial charge in [0.25, 0.3) is 5.91 Å². The van der Waals surface area contributed by atoms with Gasteiger partial charge in [-0.05, 0) is 32.0 Å². The van der Waals surface area contributed by atoms with E-state index in [0.717, 1.165) is 19.6 Å². The Kier molecular flexibility index (Phi) is 4.28. The normalized spacial score (nSPS) is 16.1. The van der Waals surface area contributed by atoms with Crippen LogP contribution in [0.2, 0.25) is 5.15 Å². The van der Waals surface area contributed by atoms with Gasteiger partial charge < -0.3 is 10.2 Å². The summed E-state index contributed by atoms with van der Waals surface area (Å²) in [7, 11) is 0. The Hall–Kier alpha value is -1.20. The van der Waals surface area contributed by atoms with Gasteiger partial charge in [0.05, 0.1) is 11.8 Å². The van der Waals surface area contributed by atoms with Gasteiger partial charge in [-0.1, -0.05) is 11.6 Å². The van der Waals surface area contributed by atoms with Crippen LogP contribution in [0.5, 0.6) is 0 Å². The number of nitrogens with one attached hydrogen (secondary N) is 1. The van der Waals surface area contributed by atoms with Crippen molar-refractivity contribution >= 4 is 17.5 Å². The predicted octanol–water partition coefficient (Wildman–Crippen LogP) is 0.956. The van der Waals surface area contributed by atoms with E-state index in [9.17, 15) is 4.79 Å². The van der Waals surface area contributed by atoms with Crippen molar-refractivity contribution in [1.29, 1.82) is 0 Å². The number of halogens is 1. The molecule has 0 aromatic carbocycles. The van der Waals surface area contributed by atoms with Crippen LogP contribution in [0.1, 0.15) is 23.2 Å². The summed E-state index contributed by atoms with van der Waals surface area (Å²) in [6.07, 6.45) is 3.94. The van der Waals surface area contributed by atoms with Gasteiger partial charge >= 0.3 is 0 Å². The monoisotopic (exact) mass is 254 g/mol. The molecule has 0 atom stereocenters. The summed E-state index contributed by atoms with van der Waals surface area (Å²) in [4.78, 5) is 14.1. The highest BCUT2D eigenvalue weighted by molar-refractivity contribution is 6.29. The van der Waals surface area contributed by atoms with Crippen molar-refractivity contribution in [2.75, 3.05) is 26.2 Å². The average Bonchev–Trinajstić information content (AvgIpc) is 2.82. The minimum absolute atomic E-state index is 0.152. The lowest BCUT2D eigenvalue weighted by Gasteiger charge is -2.14. The number of hydrogen-bond acceptors (Lipinski definition) is 4. The topological polar surface area (TPSA) is 58.1 Å². The van der Waals surface area contributed by atoms with E-state index < -0.39 is 0 Å². The molecule has 1 aliphatic heterocycles. The molecule has 5 nitrogen and oxygen atoms in total. The van der Waals surface area contributed by atoms with E-state index in [1.807, 2.05) is 0 Å². The maximum absolute atomic E-state index is 11.7. The number of amides is 1. The molecule has 0 bridgehead atoms. The number of nitrogens with zero attached hydrogens (tertiary/aromatic N) is 3. The lowest BCUT2D eigenvalue weighted by Crippen LogP contribution is -2.33. The first-order valence-electron chi connectivity index (χ1n) is 5.74. The Bertz CT molecular complexity index is 393. The molecule has 0 spiro atoms. The van der Waals surface area contributed by atoms with Crippen LogP contribution in [0.3, 0.4) is 0 Å². The molecule has 6 heteroatoms. The molecule has 17 heavy (non-hydrogen) atoms. The molecule has 1 amide bonds. The highest BCUT2D eigenvalue weighted by Crippen LogP contribution is 2.06. The standard InChI is InChI=1S/C11H15ClN4O/c12-10-7-9(8-14-15-10)11(17)13-3-6-16-4-1-2-5-16/h7-8H,1-6H2,(H,13,17). The van der Waals surface area contributed by atoms with Gasteiger partial charge in [-0.3, -0.25) is 4.79 Å². The van der Waals surface area contributed by atoms with Crippen LogP contribution in [0.15, 0.2) is 12.3 Å². The van der Waals surface area contributed by atoms with Crippen LogP contribution in [0, 0.1) is 0 Å². The van der Waals surface area contributed by atoms with E-state index in [4.69, 9.17) is 11.6 Å². The van der Waals surface area contributed by atoms with Crippen molar-refractivity contribution in [3.8, 4) is 0 Å². The molecule has 2 heterocycles. The third kappa shape index (κ3) is 3.64. The molecular weight excluding hydrogens is 240 g/mol. The molecule has 0 radical (unpaired) electrons. The SMILES string of the molecule is O=C(NCCN1CCCC1)c1cnnc(Cl)c1. The second-order valence-electron chi connectivity index (χ2n) is 4.07. The van der Waals surface area contributed by atoms with E-state index in [2.05, 4.69) is 20.4 Å². The van der Waals surface area contributed by atoms with Crippen molar-refractivity contribution in [1.82, 2.24) is 20.4 Å². The summed E-state index contributed by atoms with van der Waals surface area (Å²) in [5.74, 6) is -0.152. The van der Waals surface area contributed by atoms with Gasteiger partial charge in [0, 0.05) is 13.1 Å². The molecule has 1 aromatic rings. The van der Waals surface area contributed by atoms with Crippen molar-refractivity contribution < 1.29 is 4.79 Å². The van der Waals surface area contributed by atoms with E-state index in [1.54, 1.807) is 0 Å². The van der Waals surface area contributed by atoms with Crippen LogP contribution in [-0.4, -0.2) is 47.2 Å². The first-order chi connectivity index (χ1) is 8.25. The van der Waals surface area contributed by atoms with Gasteiger partial charge in [0.1, 0.15) is 0 Å². The fraction of sp³-hybridized carbons (Fsp3) is 0.545. The average molecular weight is 255 g/mol. The van der Waals surface area contributed by atoms with Crippen molar-refractivity contribution in [2.45, 2.75) is 12.8 Å². The predicted molar refractivity (Wildman–Crippen MR) is 65.0 cm³/mol. The van der Waals surface area contributed by atoms with Crippen molar-refractivity contribution in [2.24, 2.45) is 0 Å². The zero-order valence-electron chi connectivity index (χ0n) is 9.53. The smallest absolute Gasteiger partial charge is 0.253 e. The van der Waals surface area contributed by atoms with Gasteiger partial charge in [0.15, 0.2) is 5.15 Å². The number of hydrogen-bond donors (Lipinski definition) is 1. The van der Waals surface area contributed by atoms with Crippen LogP contribution < -0.4 is 5.32 Å². The van der Waals surface area contributed by atoms with Crippen LogP contribution in [-0.2, 0) is 0 Å². The molecule has 0 aliphatic carbocycles. The fourth-order valence-corrected chi connectivity index (χ4v) is 2.06. The quantitative estimate of drug-likeness (QED) is 0.870. The summed E-state index contributed by atoms with van der Waals surface area (Å²) in [5, 5.41) is 10.3. The fourth-order valence-electron chi connectivity index (χ4n) is 1.90. The lowest BCUT2D eigenvalue weighted by molar-refractivity contribution is 0.0949. The third-order valence-electron chi connectivity index (χ3n) is 2.80. The summed E-state index contributed by atoms with van der Waals surface area (Å²) in [5.41, 5.74) is 0.450. The van der Waals surface area contributed by atoms with E-state index in [1.165, 1.54) is 25.1 Å². The Morgan fingerprint density at radius 3 is 2.94 bits per heavy atom. The minimum Gasteiger partial charge on any atom is -0.351 e. The first-order valence-corrected chi connectivity index (χ1v) is 6.12. The van der Waals surface area contributed by atoms with E-state index in [-0.39, 0.29) is 11.1 Å². The van der Waals surface area contributed by atoms with Gasteiger partial charge in [-0.15, -0.1) is 5.10 Å². The molecule has 1 N–H and O–H groups in total. The number of aromatic nitrogens is 2. The van der Waals surface area contributed by atoms with E-state index >= 15 is 0 Å². The van der Waals surface area contributed by atoms with Crippen molar-refractivity contribution in [3.05, 3.63) is 23.0 Å². The highest BCUT2D eigenvalue weighted by Gasteiger charge is 2.12. The van der Waals surface area contributed by atoms with Gasteiger partial charge in [-0.2, -0.15) is 5.10 Å². The summed E-state index contributed by atoms with van der Waals surface area (Å²) < 4.78 is 0. The maximum atomic E-state index is 11.7. The number of rotatable bonds is 4. The zero-order chi connectivity index (χ0) is 12.1. The molecule has 0 unspecified atom stereocenters. The molecular formula is C11H15ClN4O. The summed E-state index contributed by atoms with van der Waals surface area (Å²) in [6.45, 7) is 3.83.